The fourth-order valence-electron chi connectivity index (χ4n) is 2.82. The third-order valence-corrected chi connectivity index (χ3v) is 4.07. The molecule has 134 valence electrons. The van der Waals surface area contributed by atoms with E-state index in [0.29, 0.717) is 24.1 Å². The van der Waals surface area contributed by atoms with Gasteiger partial charge in [-0.15, -0.1) is 0 Å². The van der Waals surface area contributed by atoms with Crippen LogP contribution in [0.1, 0.15) is 30.1 Å². The standard InChI is InChI=1S/C18H17N3O5/c22-16-10-13(17-2-1-7-26-17)9-14(11-16)19-20-18(23)8-12-3-5-15(6-4-12)21(24)25/h1-7,11,13,19H,8-10H2,(H,20,23)/t13-/m0/s1. The summed E-state index contributed by atoms with van der Waals surface area (Å²) in [6.07, 6.45) is 4.03. The summed E-state index contributed by atoms with van der Waals surface area (Å²) in [7, 11) is 0. The number of hydrogen-bond acceptors (Lipinski definition) is 6. The van der Waals surface area contributed by atoms with E-state index in [9.17, 15) is 19.7 Å². The lowest BCUT2D eigenvalue weighted by Gasteiger charge is -2.21. The Balaban J connectivity index is 1.53. The molecule has 8 heteroatoms. The van der Waals surface area contributed by atoms with Gasteiger partial charge in [0.15, 0.2) is 5.78 Å². The molecule has 1 heterocycles. The van der Waals surface area contributed by atoms with Crippen LogP contribution in [-0.2, 0) is 16.0 Å². The Morgan fingerprint density at radius 1 is 1.23 bits per heavy atom. The van der Waals surface area contributed by atoms with E-state index in [4.69, 9.17) is 4.42 Å². The summed E-state index contributed by atoms with van der Waals surface area (Å²) in [5.41, 5.74) is 6.57. The molecule has 1 aliphatic rings. The molecule has 0 unspecified atom stereocenters. The molecule has 0 fully saturated rings. The van der Waals surface area contributed by atoms with Gasteiger partial charge >= 0.3 is 0 Å². The number of non-ortho nitro benzene ring substituents is 1. The summed E-state index contributed by atoms with van der Waals surface area (Å²) >= 11 is 0. The number of carbonyl (C=O) groups excluding carboxylic acids is 2. The van der Waals surface area contributed by atoms with Gasteiger partial charge in [0.05, 0.1) is 17.6 Å². The van der Waals surface area contributed by atoms with Crippen molar-refractivity contribution < 1.29 is 18.9 Å². The SMILES string of the molecule is O=C1C=C(NNC(=O)Cc2ccc([N+](=O)[O-])cc2)C[C@H](c2ccco2)C1. The van der Waals surface area contributed by atoms with Crippen LogP contribution in [0.4, 0.5) is 5.69 Å². The number of hydrazine groups is 1. The molecule has 1 aliphatic carbocycles. The molecule has 0 radical (unpaired) electrons. The zero-order valence-electron chi connectivity index (χ0n) is 13.8. The highest BCUT2D eigenvalue weighted by atomic mass is 16.6. The van der Waals surface area contributed by atoms with Crippen LogP contribution < -0.4 is 10.9 Å². The summed E-state index contributed by atoms with van der Waals surface area (Å²) in [5, 5.41) is 10.6. The first kappa shape index (κ1) is 17.4. The number of amides is 1. The van der Waals surface area contributed by atoms with E-state index >= 15 is 0 Å². The average molecular weight is 355 g/mol. The summed E-state index contributed by atoms with van der Waals surface area (Å²) in [4.78, 5) is 34.0. The number of nitrogens with one attached hydrogen (secondary N) is 2. The smallest absolute Gasteiger partial charge is 0.269 e. The van der Waals surface area contributed by atoms with Crippen molar-refractivity contribution in [2.45, 2.75) is 25.2 Å². The highest BCUT2D eigenvalue weighted by molar-refractivity contribution is 5.92. The second kappa shape index (κ2) is 7.64. The quantitative estimate of drug-likeness (QED) is 0.607. The molecule has 1 aromatic carbocycles. The van der Waals surface area contributed by atoms with Gasteiger partial charge in [0.2, 0.25) is 5.91 Å². The molecule has 3 rings (SSSR count). The summed E-state index contributed by atoms with van der Waals surface area (Å²) < 4.78 is 5.36. The van der Waals surface area contributed by atoms with E-state index < -0.39 is 4.92 Å². The normalized spacial score (nSPS) is 16.7. The summed E-state index contributed by atoms with van der Waals surface area (Å²) in [5.74, 6) is 0.330. The van der Waals surface area contributed by atoms with Crippen LogP contribution in [-0.4, -0.2) is 16.6 Å². The molecule has 1 atom stereocenters. The number of allylic oxidation sites excluding steroid dienone is 2. The van der Waals surface area contributed by atoms with E-state index in [1.54, 1.807) is 12.3 Å². The van der Waals surface area contributed by atoms with Crippen molar-refractivity contribution in [3.8, 4) is 0 Å². The second-order valence-electron chi connectivity index (χ2n) is 6.03. The van der Waals surface area contributed by atoms with E-state index in [2.05, 4.69) is 10.9 Å². The Labute approximate surface area is 149 Å². The summed E-state index contributed by atoms with van der Waals surface area (Å²) in [6, 6.07) is 9.38. The molecule has 2 aromatic rings. The fraction of sp³-hybridized carbons (Fsp3) is 0.222. The molecule has 0 saturated carbocycles. The van der Waals surface area contributed by atoms with E-state index in [0.717, 1.165) is 5.76 Å². The van der Waals surface area contributed by atoms with Crippen molar-refractivity contribution in [1.29, 1.82) is 0 Å². The molecule has 8 nitrogen and oxygen atoms in total. The number of nitrogens with zero attached hydrogens (tertiary/aromatic N) is 1. The van der Waals surface area contributed by atoms with Gasteiger partial charge < -0.3 is 9.84 Å². The maximum atomic E-state index is 12.0. The maximum absolute atomic E-state index is 12.0. The van der Waals surface area contributed by atoms with Crippen LogP contribution in [0.3, 0.4) is 0 Å². The minimum absolute atomic E-state index is 0.0258. The average Bonchev–Trinajstić information content (AvgIpc) is 3.15. The molecule has 0 bridgehead atoms. The van der Waals surface area contributed by atoms with Gasteiger partial charge in [-0.25, -0.2) is 0 Å². The largest absolute Gasteiger partial charge is 0.469 e. The van der Waals surface area contributed by atoms with Crippen molar-refractivity contribution >= 4 is 17.4 Å². The van der Waals surface area contributed by atoms with Crippen LogP contribution in [0, 0.1) is 10.1 Å². The Hall–Kier alpha value is -3.42. The maximum Gasteiger partial charge on any atom is 0.269 e. The molecule has 26 heavy (non-hydrogen) atoms. The number of nitro groups is 1. The third-order valence-electron chi connectivity index (χ3n) is 4.07. The Morgan fingerprint density at radius 3 is 2.65 bits per heavy atom. The van der Waals surface area contributed by atoms with Crippen molar-refractivity contribution in [2.24, 2.45) is 0 Å². The van der Waals surface area contributed by atoms with Gasteiger partial charge in [-0.3, -0.25) is 25.1 Å². The van der Waals surface area contributed by atoms with Gasteiger partial charge in [-0.2, -0.15) is 0 Å². The fourth-order valence-corrected chi connectivity index (χ4v) is 2.82. The van der Waals surface area contributed by atoms with Gasteiger partial charge in [0, 0.05) is 36.2 Å². The monoisotopic (exact) mass is 355 g/mol. The van der Waals surface area contributed by atoms with E-state index in [-0.39, 0.29) is 29.7 Å². The lowest BCUT2D eigenvalue weighted by Crippen LogP contribution is -2.39. The molecule has 0 saturated heterocycles. The van der Waals surface area contributed by atoms with E-state index in [1.807, 2.05) is 6.07 Å². The van der Waals surface area contributed by atoms with Crippen molar-refractivity contribution in [3.05, 3.63) is 75.9 Å². The molecule has 0 aliphatic heterocycles. The molecule has 2 N–H and O–H groups in total. The highest BCUT2D eigenvalue weighted by Gasteiger charge is 2.24. The van der Waals surface area contributed by atoms with Crippen molar-refractivity contribution in [1.82, 2.24) is 10.9 Å². The molecule has 0 spiro atoms. The van der Waals surface area contributed by atoms with Crippen molar-refractivity contribution in [3.63, 3.8) is 0 Å². The molecular formula is C18H17N3O5. The number of ketones is 1. The molecule has 1 aromatic heterocycles. The van der Waals surface area contributed by atoms with Crippen LogP contribution >= 0.6 is 0 Å². The number of carbonyl (C=O) groups is 2. The van der Waals surface area contributed by atoms with Crippen LogP contribution in [0.15, 0.2) is 58.9 Å². The number of furan rings is 1. The zero-order chi connectivity index (χ0) is 18.5. The Bertz CT molecular complexity index is 840. The van der Waals surface area contributed by atoms with Crippen molar-refractivity contribution in [2.75, 3.05) is 0 Å². The predicted octanol–water partition coefficient (Wildman–Crippen LogP) is 2.38. The first-order valence-corrected chi connectivity index (χ1v) is 8.06. The number of hydrogen-bond donors (Lipinski definition) is 2. The van der Waals surface area contributed by atoms with Gasteiger partial charge in [0.1, 0.15) is 5.76 Å². The Morgan fingerprint density at radius 2 is 2.00 bits per heavy atom. The zero-order valence-corrected chi connectivity index (χ0v) is 13.8. The van der Waals surface area contributed by atoms with Crippen LogP contribution in [0.5, 0.6) is 0 Å². The Kier molecular flexibility index (Phi) is 5.12. The third kappa shape index (κ3) is 4.35. The summed E-state index contributed by atoms with van der Waals surface area (Å²) in [6.45, 7) is 0. The van der Waals surface area contributed by atoms with Crippen LogP contribution in [0.25, 0.3) is 0 Å². The van der Waals surface area contributed by atoms with E-state index in [1.165, 1.54) is 30.3 Å². The highest BCUT2D eigenvalue weighted by Crippen LogP contribution is 2.30. The molecular weight excluding hydrogens is 338 g/mol. The lowest BCUT2D eigenvalue weighted by atomic mass is 9.89. The van der Waals surface area contributed by atoms with Gasteiger partial charge in [-0.1, -0.05) is 12.1 Å². The van der Waals surface area contributed by atoms with Gasteiger partial charge in [-0.05, 0) is 24.1 Å². The van der Waals surface area contributed by atoms with Crippen LogP contribution in [0.2, 0.25) is 0 Å². The first-order chi connectivity index (χ1) is 12.5. The number of rotatable bonds is 6. The number of nitro benzene ring substituents is 1. The minimum Gasteiger partial charge on any atom is -0.469 e. The number of benzene rings is 1. The molecule has 1 amide bonds. The lowest BCUT2D eigenvalue weighted by molar-refractivity contribution is -0.384. The first-order valence-electron chi connectivity index (χ1n) is 8.06. The van der Waals surface area contributed by atoms with Gasteiger partial charge in [0.25, 0.3) is 5.69 Å². The minimum atomic E-state index is -0.493. The second-order valence-corrected chi connectivity index (χ2v) is 6.03. The topological polar surface area (TPSA) is 114 Å². The predicted molar refractivity (Wildman–Crippen MR) is 91.9 cm³/mol.